The van der Waals surface area contributed by atoms with E-state index in [9.17, 15) is 9.59 Å². The molecular weight excluding hydrogens is 286 g/mol. The number of hydrogen-bond acceptors (Lipinski definition) is 5. The smallest absolute Gasteiger partial charge is 0.328 e. The maximum Gasteiger partial charge on any atom is 0.328 e. The summed E-state index contributed by atoms with van der Waals surface area (Å²) in [7, 11) is 0. The van der Waals surface area contributed by atoms with Crippen molar-refractivity contribution in [1.29, 1.82) is 0 Å². The number of aryl methyl sites for hydroxylation is 2. The van der Waals surface area contributed by atoms with Gasteiger partial charge in [-0.2, -0.15) is 0 Å². The molecule has 118 valence electrons. The number of ether oxygens (including phenoxy) is 1. The van der Waals surface area contributed by atoms with Gasteiger partial charge in [0.15, 0.2) is 0 Å². The molecule has 0 saturated carbocycles. The van der Waals surface area contributed by atoms with Gasteiger partial charge >= 0.3 is 18.1 Å². The molecule has 3 rings (SSSR count). The van der Waals surface area contributed by atoms with Gasteiger partial charge in [0.1, 0.15) is 6.10 Å². The summed E-state index contributed by atoms with van der Waals surface area (Å²) < 4.78 is 5.77. The molecule has 8 heteroatoms. The van der Waals surface area contributed by atoms with Crippen LogP contribution in [0.3, 0.4) is 0 Å². The molecule has 1 N–H and O–H groups in total. The van der Waals surface area contributed by atoms with Crippen molar-refractivity contribution in [2.45, 2.75) is 26.4 Å². The first-order valence-corrected chi connectivity index (χ1v) is 7.36. The van der Waals surface area contributed by atoms with E-state index in [0.717, 1.165) is 11.4 Å². The summed E-state index contributed by atoms with van der Waals surface area (Å²) in [6, 6.07) is 1.63. The van der Waals surface area contributed by atoms with Crippen molar-refractivity contribution in [2.75, 3.05) is 26.2 Å². The van der Waals surface area contributed by atoms with Gasteiger partial charge in [0, 0.05) is 37.4 Å². The minimum atomic E-state index is -0.327. The minimum Gasteiger partial charge on any atom is -0.458 e. The third-order valence-corrected chi connectivity index (χ3v) is 3.74. The zero-order chi connectivity index (χ0) is 15.7. The van der Waals surface area contributed by atoms with Crippen LogP contribution < -0.4 is 10.1 Å². The van der Waals surface area contributed by atoms with Crippen molar-refractivity contribution in [3.8, 4) is 6.01 Å². The molecule has 2 saturated heterocycles. The Bertz CT molecular complexity index is 586. The first-order chi connectivity index (χ1) is 10.5. The van der Waals surface area contributed by atoms with Gasteiger partial charge in [0.2, 0.25) is 0 Å². The SMILES string of the molecule is Cc1cc(C)nc(O[C@@H]2CCN(C(=O)N3CCNC3=O)C2)n1. The lowest BCUT2D eigenvalue weighted by Crippen LogP contribution is -2.44. The largest absolute Gasteiger partial charge is 0.458 e. The van der Waals surface area contributed by atoms with Crippen molar-refractivity contribution in [3.05, 3.63) is 17.5 Å². The van der Waals surface area contributed by atoms with Gasteiger partial charge in [-0.3, -0.25) is 0 Å². The number of rotatable bonds is 2. The van der Waals surface area contributed by atoms with E-state index >= 15 is 0 Å². The van der Waals surface area contributed by atoms with Crippen LogP contribution in [0.15, 0.2) is 6.07 Å². The third-order valence-electron chi connectivity index (χ3n) is 3.74. The van der Waals surface area contributed by atoms with Crippen molar-refractivity contribution < 1.29 is 14.3 Å². The Morgan fingerprint density at radius 1 is 1.32 bits per heavy atom. The monoisotopic (exact) mass is 305 g/mol. The van der Waals surface area contributed by atoms with Crippen LogP contribution in [0.4, 0.5) is 9.59 Å². The number of likely N-dealkylation sites (tertiary alicyclic amines) is 1. The number of nitrogens with zero attached hydrogens (tertiary/aromatic N) is 4. The van der Waals surface area contributed by atoms with Crippen molar-refractivity contribution >= 4 is 12.1 Å². The average Bonchev–Trinajstić information content (AvgIpc) is 3.06. The lowest BCUT2D eigenvalue weighted by molar-refractivity contribution is 0.158. The topological polar surface area (TPSA) is 87.7 Å². The van der Waals surface area contributed by atoms with E-state index in [0.29, 0.717) is 38.6 Å². The summed E-state index contributed by atoms with van der Waals surface area (Å²) in [6.45, 7) is 5.71. The second kappa shape index (κ2) is 5.78. The summed E-state index contributed by atoms with van der Waals surface area (Å²) in [5.74, 6) is 0. The number of nitrogens with one attached hydrogen (secondary N) is 1. The van der Waals surface area contributed by atoms with Gasteiger partial charge in [0.25, 0.3) is 0 Å². The van der Waals surface area contributed by atoms with Crippen LogP contribution in [0.1, 0.15) is 17.8 Å². The molecule has 0 aromatic carbocycles. The second-order valence-electron chi connectivity index (χ2n) is 5.57. The summed E-state index contributed by atoms with van der Waals surface area (Å²) in [5.41, 5.74) is 1.70. The van der Waals surface area contributed by atoms with Gasteiger partial charge in [0.05, 0.1) is 6.54 Å². The molecule has 22 heavy (non-hydrogen) atoms. The van der Waals surface area contributed by atoms with Gasteiger partial charge in [-0.1, -0.05) is 0 Å². The highest BCUT2D eigenvalue weighted by Gasteiger charge is 2.35. The Morgan fingerprint density at radius 2 is 2.05 bits per heavy atom. The molecule has 3 heterocycles. The van der Waals surface area contributed by atoms with Crippen LogP contribution >= 0.6 is 0 Å². The normalized spacial score (nSPS) is 21.2. The summed E-state index contributed by atoms with van der Waals surface area (Å²) in [5, 5.41) is 2.63. The molecular formula is C14H19N5O3. The quantitative estimate of drug-likeness (QED) is 0.868. The number of amides is 4. The number of imide groups is 1. The van der Waals surface area contributed by atoms with Crippen LogP contribution in [0.25, 0.3) is 0 Å². The second-order valence-corrected chi connectivity index (χ2v) is 5.57. The summed E-state index contributed by atoms with van der Waals surface area (Å²) >= 11 is 0. The number of aromatic nitrogens is 2. The van der Waals surface area contributed by atoms with E-state index in [-0.39, 0.29) is 18.2 Å². The highest BCUT2D eigenvalue weighted by atomic mass is 16.5. The Morgan fingerprint density at radius 3 is 2.68 bits per heavy atom. The number of hydrogen-bond donors (Lipinski definition) is 1. The van der Waals surface area contributed by atoms with Crippen LogP contribution in [0.5, 0.6) is 6.01 Å². The Balaban J connectivity index is 1.60. The molecule has 2 aliphatic heterocycles. The number of carbonyl (C=O) groups excluding carboxylic acids is 2. The predicted octanol–water partition coefficient (Wildman–Crippen LogP) is 0.692. The van der Waals surface area contributed by atoms with E-state index in [2.05, 4.69) is 15.3 Å². The van der Waals surface area contributed by atoms with Gasteiger partial charge in [-0.05, 0) is 19.9 Å². The highest BCUT2D eigenvalue weighted by Crippen LogP contribution is 2.18. The molecule has 8 nitrogen and oxygen atoms in total. The Kier molecular flexibility index (Phi) is 3.82. The first-order valence-electron chi connectivity index (χ1n) is 7.36. The van der Waals surface area contributed by atoms with E-state index in [1.807, 2.05) is 19.9 Å². The Hall–Kier alpha value is -2.38. The first kappa shape index (κ1) is 14.6. The molecule has 0 spiro atoms. The summed E-state index contributed by atoms with van der Waals surface area (Å²) in [4.78, 5) is 35.2. The zero-order valence-corrected chi connectivity index (χ0v) is 12.7. The minimum absolute atomic E-state index is 0.143. The van der Waals surface area contributed by atoms with Gasteiger partial charge < -0.3 is 15.0 Å². The fraction of sp³-hybridized carbons (Fsp3) is 0.571. The molecule has 0 unspecified atom stereocenters. The average molecular weight is 305 g/mol. The van der Waals surface area contributed by atoms with Gasteiger partial charge in [-0.25, -0.2) is 24.5 Å². The Labute approximate surface area is 128 Å². The predicted molar refractivity (Wildman–Crippen MR) is 77.6 cm³/mol. The van der Waals surface area contributed by atoms with E-state index < -0.39 is 0 Å². The fourth-order valence-electron chi connectivity index (χ4n) is 2.72. The van der Waals surface area contributed by atoms with Gasteiger partial charge in [-0.15, -0.1) is 0 Å². The lowest BCUT2D eigenvalue weighted by atomic mass is 10.3. The molecule has 1 atom stereocenters. The molecule has 1 aromatic heterocycles. The van der Waals surface area contributed by atoms with E-state index in [4.69, 9.17) is 4.74 Å². The molecule has 4 amide bonds. The standard InChI is InChI=1S/C14H19N5O3/c1-9-7-10(2)17-12(16-9)22-11-3-5-18(8-11)14(21)19-6-4-15-13(19)20/h7,11H,3-6,8H2,1-2H3,(H,15,20)/t11-/m1/s1. The maximum absolute atomic E-state index is 12.3. The molecule has 2 aliphatic rings. The van der Waals surface area contributed by atoms with Crippen LogP contribution in [0, 0.1) is 13.8 Å². The van der Waals surface area contributed by atoms with E-state index in [1.54, 1.807) is 4.90 Å². The zero-order valence-electron chi connectivity index (χ0n) is 12.7. The maximum atomic E-state index is 12.3. The van der Waals surface area contributed by atoms with Crippen LogP contribution in [-0.2, 0) is 0 Å². The number of urea groups is 2. The molecule has 2 fully saturated rings. The molecule has 0 bridgehead atoms. The van der Waals surface area contributed by atoms with E-state index in [1.165, 1.54) is 4.90 Å². The van der Waals surface area contributed by atoms with Crippen LogP contribution in [-0.4, -0.2) is 64.1 Å². The van der Waals surface area contributed by atoms with Crippen molar-refractivity contribution in [2.24, 2.45) is 0 Å². The third kappa shape index (κ3) is 2.95. The molecule has 1 aromatic rings. The molecule has 0 radical (unpaired) electrons. The summed E-state index contributed by atoms with van der Waals surface area (Å²) in [6.07, 6.45) is 0.563. The lowest BCUT2D eigenvalue weighted by Gasteiger charge is -2.21. The molecule has 0 aliphatic carbocycles. The fourth-order valence-corrected chi connectivity index (χ4v) is 2.72. The van der Waals surface area contributed by atoms with Crippen LogP contribution in [0.2, 0.25) is 0 Å². The van der Waals surface area contributed by atoms with Crippen molar-refractivity contribution in [1.82, 2.24) is 25.1 Å². The van der Waals surface area contributed by atoms with Crippen molar-refractivity contribution in [3.63, 3.8) is 0 Å². The number of carbonyl (C=O) groups is 2. The highest BCUT2D eigenvalue weighted by molar-refractivity contribution is 5.95.